The van der Waals surface area contributed by atoms with E-state index in [1.807, 2.05) is 42.5 Å². The van der Waals surface area contributed by atoms with Crippen molar-refractivity contribution in [2.75, 3.05) is 11.9 Å². The monoisotopic (exact) mass is 339 g/mol. The molecule has 1 amide bonds. The summed E-state index contributed by atoms with van der Waals surface area (Å²) >= 11 is 1.13. The highest BCUT2D eigenvalue weighted by Crippen LogP contribution is 2.31. The zero-order valence-corrected chi connectivity index (χ0v) is 13.3. The SMILES string of the molecule is O=C(Nc1nc(-c2ccccc2)ns1)[C@@H]1COc2ccccc2O1. The van der Waals surface area contributed by atoms with Gasteiger partial charge in [-0.15, -0.1) is 0 Å². The largest absolute Gasteiger partial charge is 0.485 e. The van der Waals surface area contributed by atoms with Crippen LogP contribution in [0.1, 0.15) is 0 Å². The first-order valence-corrected chi connectivity index (χ1v) is 8.15. The Hall–Kier alpha value is -2.93. The van der Waals surface area contributed by atoms with E-state index in [2.05, 4.69) is 14.7 Å². The molecule has 0 bridgehead atoms. The number of carbonyl (C=O) groups is 1. The number of para-hydroxylation sites is 2. The number of amides is 1. The lowest BCUT2D eigenvalue weighted by molar-refractivity contribution is -0.125. The molecule has 0 fully saturated rings. The molecule has 1 aromatic heterocycles. The van der Waals surface area contributed by atoms with Crippen LogP contribution in [0.25, 0.3) is 11.4 Å². The maximum absolute atomic E-state index is 12.3. The zero-order chi connectivity index (χ0) is 16.4. The lowest BCUT2D eigenvalue weighted by Gasteiger charge is -2.25. The number of nitrogens with zero attached hydrogens (tertiary/aromatic N) is 2. The van der Waals surface area contributed by atoms with Gasteiger partial charge in [0.2, 0.25) is 11.2 Å². The van der Waals surface area contributed by atoms with Gasteiger partial charge in [0.1, 0.15) is 6.61 Å². The van der Waals surface area contributed by atoms with Crippen molar-refractivity contribution in [3.05, 3.63) is 54.6 Å². The number of aromatic nitrogens is 2. The number of benzene rings is 2. The Morgan fingerprint density at radius 2 is 1.83 bits per heavy atom. The van der Waals surface area contributed by atoms with Crippen molar-refractivity contribution < 1.29 is 14.3 Å². The number of fused-ring (bicyclic) bond motifs is 1. The van der Waals surface area contributed by atoms with Crippen molar-refractivity contribution in [3.63, 3.8) is 0 Å². The second-order valence-electron chi connectivity index (χ2n) is 5.14. The summed E-state index contributed by atoms with van der Waals surface area (Å²) in [5.41, 5.74) is 0.903. The first-order chi connectivity index (χ1) is 11.8. The molecule has 6 nitrogen and oxygen atoms in total. The number of hydrogen-bond acceptors (Lipinski definition) is 6. The third-order valence-corrected chi connectivity index (χ3v) is 4.12. The van der Waals surface area contributed by atoms with Gasteiger partial charge in [0.05, 0.1) is 0 Å². The molecular weight excluding hydrogens is 326 g/mol. The lowest BCUT2D eigenvalue weighted by Crippen LogP contribution is -2.40. The third kappa shape index (κ3) is 2.93. The van der Waals surface area contributed by atoms with Crippen LogP contribution in [0.4, 0.5) is 5.13 Å². The van der Waals surface area contributed by atoms with Crippen LogP contribution in [0.3, 0.4) is 0 Å². The molecule has 3 aromatic rings. The van der Waals surface area contributed by atoms with E-state index in [4.69, 9.17) is 9.47 Å². The molecule has 0 radical (unpaired) electrons. The highest BCUT2D eigenvalue weighted by atomic mass is 32.1. The Balaban J connectivity index is 1.45. The molecular formula is C17H13N3O3S. The standard InChI is InChI=1S/C17H13N3O3S/c21-16(14-10-22-12-8-4-5-9-13(12)23-14)19-17-18-15(20-24-17)11-6-2-1-3-7-11/h1-9,14H,10H2,(H,18,19,20,21)/t14-/m0/s1. The van der Waals surface area contributed by atoms with Crippen molar-refractivity contribution in [1.82, 2.24) is 9.36 Å². The maximum atomic E-state index is 12.3. The van der Waals surface area contributed by atoms with Crippen LogP contribution < -0.4 is 14.8 Å². The fourth-order valence-electron chi connectivity index (χ4n) is 2.31. The van der Waals surface area contributed by atoms with E-state index in [0.29, 0.717) is 22.5 Å². The van der Waals surface area contributed by atoms with E-state index in [0.717, 1.165) is 17.1 Å². The van der Waals surface area contributed by atoms with E-state index in [9.17, 15) is 4.79 Å². The van der Waals surface area contributed by atoms with Crippen LogP contribution in [-0.4, -0.2) is 28.0 Å². The Labute approximate surface area is 142 Å². The van der Waals surface area contributed by atoms with Crippen LogP contribution in [0.15, 0.2) is 54.6 Å². The molecule has 0 unspecified atom stereocenters. The van der Waals surface area contributed by atoms with Crippen LogP contribution in [-0.2, 0) is 4.79 Å². The third-order valence-electron chi connectivity index (χ3n) is 3.49. The van der Waals surface area contributed by atoms with Crippen molar-refractivity contribution in [2.45, 2.75) is 6.10 Å². The number of nitrogens with one attached hydrogen (secondary N) is 1. The molecule has 1 atom stereocenters. The summed E-state index contributed by atoms with van der Waals surface area (Å²) in [6.45, 7) is 0.160. The second-order valence-corrected chi connectivity index (χ2v) is 5.89. The summed E-state index contributed by atoms with van der Waals surface area (Å²) in [4.78, 5) is 16.7. The minimum absolute atomic E-state index is 0.160. The summed E-state index contributed by atoms with van der Waals surface area (Å²) in [6.07, 6.45) is -0.719. The van der Waals surface area contributed by atoms with Gasteiger partial charge in [-0.1, -0.05) is 42.5 Å². The van der Waals surface area contributed by atoms with Crippen LogP contribution in [0, 0.1) is 0 Å². The highest BCUT2D eigenvalue weighted by molar-refractivity contribution is 7.10. The molecule has 7 heteroatoms. The Kier molecular flexibility index (Phi) is 3.84. The van der Waals surface area contributed by atoms with E-state index in [1.54, 1.807) is 12.1 Å². The summed E-state index contributed by atoms with van der Waals surface area (Å²) in [6, 6.07) is 16.9. The number of rotatable bonds is 3. The molecule has 1 aliphatic rings. The fourth-order valence-corrected chi connectivity index (χ4v) is 2.91. The van der Waals surface area contributed by atoms with Gasteiger partial charge in [-0.25, -0.2) is 0 Å². The van der Waals surface area contributed by atoms with Crippen molar-refractivity contribution in [2.24, 2.45) is 0 Å². The van der Waals surface area contributed by atoms with Gasteiger partial charge in [-0.3, -0.25) is 10.1 Å². The Morgan fingerprint density at radius 3 is 2.67 bits per heavy atom. The van der Waals surface area contributed by atoms with Crippen molar-refractivity contribution in [1.29, 1.82) is 0 Å². The molecule has 4 rings (SSSR count). The summed E-state index contributed by atoms with van der Waals surface area (Å²) < 4.78 is 15.5. The molecule has 1 N–H and O–H groups in total. The minimum Gasteiger partial charge on any atom is -0.485 e. The molecule has 2 heterocycles. The highest BCUT2D eigenvalue weighted by Gasteiger charge is 2.28. The minimum atomic E-state index is -0.719. The molecule has 120 valence electrons. The average molecular weight is 339 g/mol. The lowest BCUT2D eigenvalue weighted by atomic mass is 10.2. The van der Waals surface area contributed by atoms with E-state index < -0.39 is 6.10 Å². The van der Waals surface area contributed by atoms with Crippen molar-refractivity contribution in [3.8, 4) is 22.9 Å². The number of anilines is 1. The first kappa shape index (κ1) is 14.6. The van der Waals surface area contributed by atoms with Gasteiger partial charge >= 0.3 is 0 Å². The summed E-state index contributed by atoms with van der Waals surface area (Å²) in [5.74, 6) is 1.48. The molecule has 0 aliphatic carbocycles. The molecule has 2 aromatic carbocycles. The number of carbonyl (C=O) groups excluding carboxylic acids is 1. The maximum Gasteiger partial charge on any atom is 0.270 e. The molecule has 0 saturated heterocycles. The van der Waals surface area contributed by atoms with Gasteiger partial charge in [-0.2, -0.15) is 9.36 Å². The topological polar surface area (TPSA) is 73.3 Å². The van der Waals surface area contributed by atoms with E-state index in [-0.39, 0.29) is 12.5 Å². The van der Waals surface area contributed by atoms with Gasteiger partial charge in [0, 0.05) is 17.1 Å². The van der Waals surface area contributed by atoms with Crippen molar-refractivity contribution >= 4 is 22.6 Å². The normalized spacial score (nSPS) is 15.8. The first-order valence-electron chi connectivity index (χ1n) is 7.38. The van der Waals surface area contributed by atoms with Crippen LogP contribution in [0.5, 0.6) is 11.5 Å². The molecule has 1 aliphatic heterocycles. The van der Waals surface area contributed by atoms with Gasteiger partial charge in [0.15, 0.2) is 17.3 Å². The van der Waals surface area contributed by atoms with E-state index >= 15 is 0 Å². The van der Waals surface area contributed by atoms with Gasteiger partial charge in [-0.05, 0) is 12.1 Å². The predicted molar refractivity (Wildman–Crippen MR) is 90.3 cm³/mol. The van der Waals surface area contributed by atoms with E-state index in [1.165, 1.54) is 0 Å². The van der Waals surface area contributed by atoms with Crippen LogP contribution >= 0.6 is 11.5 Å². The summed E-state index contributed by atoms with van der Waals surface area (Å²) in [5, 5.41) is 3.17. The molecule has 24 heavy (non-hydrogen) atoms. The Bertz CT molecular complexity index is 866. The summed E-state index contributed by atoms with van der Waals surface area (Å²) in [7, 11) is 0. The molecule has 0 saturated carbocycles. The number of hydrogen-bond donors (Lipinski definition) is 1. The average Bonchev–Trinajstić information content (AvgIpc) is 3.10. The smallest absolute Gasteiger partial charge is 0.270 e. The molecule has 0 spiro atoms. The van der Waals surface area contributed by atoms with Gasteiger partial charge in [0.25, 0.3) is 5.91 Å². The van der Waals surface area contributed by atoms with Gasteiger partial charge < -0.3 is 9.47 Å². The predicted octanol–water partition coefficient (Wildman–Crippen LogP) is 2.98. The zero-order valence-electron chi connectivity index (χ0n) is 12.5. The number of ether oxygens (including phenoxy) is 2. The Morgan fingerprint density at radius 1 is 1.08 bits per heavy atom. The fraction of sp³-hybridized carbons (Fsp3) is 0.118. The quantitative estimate of drug-likeness (QED) is 0.794. The van der Waals surface area contributed by atoms with Crippen LogP contribution in [0.2, 0.25) is 0 Å². The second kappa shape index (κ2) is 6.29.